The number of urea groups is 1. The third kappa shape index (κ3) is 5.04. The number of likely N-dealkylation sites (tertiary alicyclic amines) is 1. The van der Waals surface area contributed by atoms with Crippen molar-refractivity contribution >= 4 is 12.0 Å². The number of carboxylic acids is 1. The minimum atomic E-state index is -1.10. The maximum Gasteiger partial charge on any atom is 0.341 e. The van der Waals surface area contributed by atoms with Crippen LogP contribution in [-0.2, 0) is 9.63 Å². The Morgan fingerprint density at radius 3 is 2.82 bits per heavy atom. The number of carbonyl (C=O) groups is 2. The van der Waals surface area contributed by atoms with Gasteiger partial charge >= 0.3 is 12.0 Å². The zero-order valence-electron chi connectivity index (χ0n) is 10.1. The maximum atomic E-state index is 11.6. The smallest absolute Gasteiger partial charge is 0.341 e. The van der Waals surface area contributed by atoms with Crippen molar-refractivity contribution in [3.63, 3.8) is 0 Å². The Balaban J connectivity index is 2.29. The van der Waals surface area contributed by atoms with Crippen molar-refractivity contribution in [1.82, 2.24) is 10.4 Å². The first-order valence-electron chi connectivity index (χ1n) is 6.02. The lowest BCUT2D eigenvalue weighted by molar-refractivity contribution is -0.144. The lowest BCUT2D eigenvalue weighted by Crippen LogP contribution is -2.41. The van der Waals surface area contributed by atoms with E-state index in [9.17, 15) is 9.59 Å². The summed E-state index contributed by atoms with van der Waals surface area (Å²) in [5, 5.41) is 8.36. The molecule has 6 heteroatoms. The van der Waals surface area contributed by atoms with Crippen LogP contribution < -0.4 is 5.48 Å². The summed E-state index contributed by atoms with van der Waals surface area (Å²) in [5.41, 5.74) is 2.15. The number of nitrogens with one attached hydrogen (secondary N) is 1. The van der Waals surface area contributed by atoms with E-state index < -0.39 is 12.6 Å². The van der Waals surface area contributed by atoms with Crippen LogP contribution in [-0.4, -0.2) is 41.7 Å². The van der Waals surface area contributed by atoms with Gasteiger partial charge in [0.05, 0.1) is 0 Å². The number of carbonyl (C=O) groups excluding carboxylic acids is 1. The van der Waals surface area contributed by atoms with Crippen LogP contribution in [0.3, 0.4) is 0 Å². The number of amides is 2. The molecule has 0 bridgehead atoms. The highest BCUT2D eigenvalue weighted by molar-refractivity contribution is 5.73. The summed E-state index contributed by atoms with van der Waals surface area (Å²) < 4.78 is 0. The molecular formula is C11H20N2O4. The van der Waals surface area contributed by atoms with Gasteiger partial charge in [-0.3, -0.25) is 4.84 Å². The molecule has 6 nitrogen and oxygen atoms in total. The number of nitrogens with zero attached hydrogens (tertiary/aromatic N) is 1. The normalized spacial score (nSPS) is 20.8. The predicted molar refractivity (Wildman–Crippen MR) is 61.3 cm³/mol. The van der Waals surface area contributed by atoms with Gasteiger partial charge in [-0.1, -0.05) is 13.3 Å². The minimum Gasteiger partial charge on any atom is -0.479 e. The van der Waals surface area contributed by atoms with Gasteiger partial charge < -0.3 is 10.0 Å². The summed E-state index contributed by atoms with van der Waals surface area (Å²) in [7, 11) is 0. The molecule has 1 aliphatic rings. The van der Waals surface area contributed by atoms with E-state index in [4.69, 9.17) is 5.11 Å². The molecule has 0 aromatic heterocycles. The Kier molecular flexibility index (Phi) is 5.76. The van der Waals surface area contributed by atoms with Gasteiger partial charge in [0.1, 0.15) is 0 Å². The summed E-state index contributed by atoms with van der Waals surface area (Å²) in [5.74, 6) is -0.417. The van der Waals surface area contributed by atoms with Crippen molar-refractivity contribution in [2.75, 3.05) is 19.7 Å². The van der Waals surface area contributed by atoms with Gasteiger partial charge in [-0.25, -0.2) is 15.1 Å². The van der Waals surface area contributed by atoms with Crippen LogP contribution in [0.1, 0.15) is 32.6 Å². The van der Waals surface area contributed by atoms with Gasteiger partial charge in [-0.05, 0) is 25.2 Å². The van der Waals surface area contributed by atoms with Crippen LogP contribution in [0.15, 0.2) is 0 Å². The molecule has 2 N–H and O–H groups in total. The quantitative estimate of drug-likeness (QED) is 0.729. The Morgan fingerprint density at radius 1 is 1.41 bits per heavy atom. The highest BCUT2D eigenvalue weighted by Gasteiger charge is 2.19. The number of hydrogen-bond acceptors (Lipinski definition) is 3. The van der Waals surface area contributed by atoms with Gasteiger partial charge in [0.25, 0.3) is 0 Å². The number of aliphatic carboxylic acids is 1. The average molecular weight is 244 g/mol. The van der Waals surface area contributed by atoms with Crippen molar-refractivity contribution in [3.8, 4) is 0 Å². The molecule has 17 heavy (non-hydrogen) atoms. The molecule has 0 aromatic rings. The van der Waals surface area contributed by atoms with E-state index in [1.54, 1.807) is 4.90 Å². The monoisotopic (exact) mass is 244 g/mol. The van der Waals surface area contributed by atoms with Gasteiger partial charge in [-0.15, -0.1) is 0 Å². The summed E-state index contributed by atoms with van der Waals surface area (Å²) in [6.07, 6.45) is 4.29. The second-order valence-corrected chi connectivity index (χ2v) is 4.28. The van der Waals surface area contributed by atoms with Crippen LogP contribution in [0.4, 0.5) is 4.79 Å². The zero-order chi connectivity index (χ0) is 12.7. The molecule has 1 aliphatic heterocycles. The molecule has 1 fully saturated rings. The highest BCUT2D eigenvalue weighted by atomic mass is 16.7. The molecule has 0 saturated carbocycles. The summed E-state index contributed by atoms with van der Waals surface area (Å²) >= 11 is 0. The fourth-order valence-corrected chi connectivity index (χ4v) is 2.00. The number of hydrogen-bond donors (Lipinski definition) is 2. The van der Waals surface area contributed by atoms with Crippen molar-refractivity contribution in [2.24, 2.45) is 5.92 Å². The largest absolute Gasteiger partial charge is 0.479 e. The summed E-state index contributed by atoms with van der Waals surface area (Å²) in [6, 6.07) is -0.344. The molecule has 1 unspecified atom stereocenters. The molecule has 0 aliphatic carbocycles. The molecular weight excluding hydrogens is 224 g/mol. The van der Waals surface area contributed by atoms with Gasteiger partial charge in [0.2, 0.25) is 0 Å². The molecule has 1 heterocycles. The third-order valence-corrected chi connectivity index (χ3v) is 3.07. The van der Waals surface area contributed by atoms with E-state index in [0.29, 0.717) is 19.0 Å². The summed E-state index contributed by atoms with van der Waals surface area (Å²) in [4.78, 5) is 28.1. The number of carboxylic acid groups (broad SMARTS) is 1. The predicted octanol–water partition coefficient (Wildman–Crippen LogP) is 1.22. The van der Waals surface area contributed by atoms with Crippen LogP contribution in [0, 0.1) is 5.92 Å². The Morgan fingerprint density at radius 2 is 2.18 bits per heavy atom. The number of hydroxylamine groups is 1. The van der Waals surface area contributed by atoms with Gasteiger partial charge in [0.15, 0.2) is 6.61 Å². The Bertz CT molecular complexity index is 270. The van der Waals surface area contributed by atoms with E-state index in [0.717, 1.165) is 25.7 Å². The van der Waals surface area contributed by atoms with Crippen molar-refractivity contribution in [3.05, 3.63) is 0 Å². The fraction of sp³-hybridized carbons (Fsp3) is 0.818. The van der Waals surface area contributed by atoms with Crippen LogP contribution in [0.2, 0.25) is 0 Å². The van der Waals surface area contributed by atoms with E-state index in [2.05, 4.69) is 17.2 Å². The molecule has 0 spiro atoms. The highest BCUT2D eigenvalue weighted by Crippen LogP contribution is 2.19. The first kappa shape index (κ1) is 13.8. The van der Waals surface area contributed by atoms with Gasteiger partial charge in [-0.2, -0.15) is 0 Å². The van der Waals surface area contributed by atoms with E-state index in [1.807, 2.05) is 0 Å². The molecule has 0 aromatic carbocycles. The Labute approximate surface area is 101 Å². The van der Waals surface area contributed by atoms with E-state index >= 15 is 0 Å². The molecule has 1 rings (SSSR count). The molecule has 0 radical (unpaired) electrons. The molecule has 1 atom stereocenters. The molecule has 98 valence electrons. The number of rotatable bonds is 4. The molecule has 1 saturated heterocycles. The maximum absolute atomic E-state index is 11.6. The van der Waals surface area contributed by atoms with Crippen molar-refractivity contribution < 1.29 is 19.5 Å². The van der Waals surface area contributed by atoms with Crippen LogP contribution >= 0.6 is 0 Å². The third-order valence-electron chi connectivity index (χ3n) is 3.07. The van der Waals surface area contributed by atoms with E-state index in [1.165, 1.54) is 0 Å². The van der Waals surface area contributed by atoms with Crippen molar-refractivity contribution in [2.45, 2.75) is 32.6 Å². The standard InChI is InChI=1S/C11H20N2O4/c1-2-9-4-3-6-13(7-5-9)11(16)12-17-8-10(14)15/h9H,2-8H2,1H3,(H,12,16)(H,14,15). The Hall–Kier alpha value is -1.30. The lowest BCUT2D eigenvalue weighted by Gasteiger charge is -2.20. The molecule has 2 amide bonds. The first-order chi connectivity index (χ1) is 8.13. The second-order valence-electron chi connectivity index (χ2n) is 4.28. The van der Waals surface area contributed by atoms with E-state index in [-0.39, 0.29) is 6.03 Å². The average Bonchev–Trinajstić information content (AvgIpc) is 2.53. The van der Waals surface area contributed by atoms with Crippen molar-refractivity contribution in [1.29, 1.82) is 0 Å². The fourth-order valence-electron chi connectivity index (χ4n) is 2.00. The van der Waals surface area contributed by atoms with Gasteiger partial charge in [0, 0.05) is 13.1 Å². The van der Waals surface area contributed by atoms with Crippen LogP contribution in [0.25, 0.3) is 0 Å². The SMILES string of the molecule is CCC1CCCN(C(=O)NOCC(=O)O)CC1. The topological polar surface area (TPSA) is 78.9 Å². The van der Waals surface area contributed by atoms with Crippen LogP contribution in [0.5, 0.6) is 0 Å². The first-order valence-corrected chi connectivity index (χ1v) is 6.02. The second kappa shape index (κ2) is 7.11. The zero-order valence-corrected chi connectivity index (χ0v) is 10.1. The minimum absolute atomic E-state index is 0.344. The summed E-state index contributed by atoms with van der Waals surface area (Å²) in [6.45, 7) is 3.06. The lowest BCUT2D eigenvalue weighted by atomic mass is 9.98.